The highest BCUT2D eigenvalue weighted by Gasteiger charge is 1.99. The fraction of sp³-hybridized carbons (Fsp3) is 0.750. The van der Waals surface area contributed by atoms with Crippen molar-refractivity contribution >= 4 is 11.8 Å². The number of ether oxygens (including phenoxy) is 2. The molecule has 0 aromatic heterocycles. The van der Waals surface area contributed by atoms with Gasteiger partial charge in [-0.2, -0.15) is 0 Å². The van der Waals surface area contributed by atoms with E-state index in [2.05, 4.69) is 5.32 Å². The van der Waals surface area contributed by atoms with Gasteiger partial charge in [-0.3, -0.25) is 9.59 Å². The summed E-state index contributed by atoms with van der Waals surface area (Å²) in [4.78, 5) is 21.1. The first-order valence-corrected chi connectivity index (χ1v) is 4.48. The standard InChI is InChI=1S/C8H16N2O5/c9-7(12)5-14-3-4-15-6-8(13)10-1-2-11/h11H,1-6H2,(H2,9,12)(H,10,13). The van der Waals surface area contributed by atoms with Crippen molar-refractivity contribution in [2.75, 3.05) is 39.6 Å². The number of aliphatic hydroxyl groups is 1. The maximum absolute atomic E-state index is 10.9. The summed E-state index contributed by atoms with van der Waals surface area (Å²) in [6.07, 6.45) is 0. The third-order valence-corrected chi connectivity index (χ3v) is 1.28. The van der Waals surface area contributed by atoms with Crippen molar-refractivity contribution in [2.45, 2.75) is 0 Å². The second kappa shape index (κ2) is 9.38. The Balaban J connectivity index is 3.16. The quantitative estimate of drug-likeness (QED) is 0.375. The molecule has 0 bridgehead atoms. The Morgan fingerprint density at radius 3 is 2.33 bits per heavy atom. The molecular formula is C8H16N2O5. The number of aliphatic hydroxyl groups excluding tert-OH is 1. The number of nitrogens with one attached hydrogen (secondary N) is 1. The number of amides is 2. The molecule has 0 saturated carbocycles. The fourth-order valence-corrected chi connectivity index (χ4v) is 0.702. The summed E-state index contributed by atoms with van der Waals surface area (Å²) < 4.78 is 9.69. The predicted molar refractivity (Wildman–Crippen MR) is 50.9 cm³/mol. The van der Waals surface area contributed by atoms with Crippen molar-refractivity contribution in [1.82, 2.24) is 5.32 Å². The first kappa shape index (κ1) is 13.8. The van der Waals surface area contributed by atoms with Crippen LogP contribution < -0.4 is 11.1 Å². The molecule has 15 heavy (non-hydrogen) atoms. The highest BCUT2D eigenvalue weighted by atomic mass is 16.5. The normalized spacial score (nSPS) is 9.93. The van der Waals surface area contributed by atoms with E-state index in [4.69, 9.17) is 20.3 Å². The molecule has 0 heterocycles. The minimum Gasteiger partial charge on any atom is -0.395 e. The lowest BCUT2D eigenvalue weighted by molar-refractivity contribution is -0.128. The molecule has 0 atom stereocenters. The van der Waals surface area contributed by atoms with E-state index < -0.39 is 5.91 Å². The zero-order valence-electron chi connectivity index (χ0n) is 8.40. The number of carbonyl (C=O) groups excluding carboxylic acids is 2. The van der Waals surface area contributed by atoms with Gasteiger partial charge >= 0.3 is 0 Å². The molecule has 0 aliphatic heterocycles. The monoisotopic (exact) mass is 220 g/mol. The molecule has 0 rings (SSSR count). The molecule has 2 amide bonds. The molecule has 0 spiro atoms. The van der Waals surface area contributed by atoms with Gasteiger partial charge in [0.25, 0.3) is 0 Å². The van der Waals surface area contributed by atoms with Crippen LogP contribution in [0.15, 0.2) is 0 Å². The molecule has 0 aromatic rings. The number of primary amides is 1. The Morgan fingerprint density at radius 1 is 1.20 bits per heavy atom. The number of rotatable bonds is 9. The highest BCUT2D eigenvalue weighted by molar-refractivity contribution is 5.77. The smallest absolute Gasteiger partial charge is 0.246 e. The van der Waals surface area contributed by atoms with Crippen LogP contribution in [-0.2, 0) is 19.1 Å². The van der Waals surface area contributed by atoms with Crippen LogP contribution in [0, 0.1) is 0 Å². The molecule has 0 radical (unpaired) electrons. The van der Waals surface area contributed by atoms with Gasteiger partial charge in [0.05, 0.1) is 19.8 Å². The van der Waals surface area contributed by atoms with E-state index in [1.54, 1.807) is 0 Å². The SMILES string of the molecule is NC(=O)COCCOCC(=O)NCCO. The second-order valence-electron chi connectivity index (χ2n) is 2.65. The van der Waals surface area contributed by atoms with Crippen LogP contribution in [0.25, 0.3) is 0 Å². The highest BCUT2D eigenvalue weighted by Crippen LogP contribution is 1.78. The Morgan fingerprint density at radius 2 is 1.80 bits per heavy atom. The Hall–Kier alpha value is -1.18. The van der Waals surface area contributed by atoms with Crippen molar-refractivity contribution in [3.05, 3.63) is 0 Å². The van der Waals surface area contributed by atoms with E-state index in [9.17, 15) is 9.59 Å². The zero-order valence-corrected chi connectivity index (χ0v) is 8.40. The topological polar surface area (TPSA) is 111 Å². The van der Waals surface area contributed by atoms with Crippen LogP contribution in [0.1, 0.15) is 0 Å². The Kier molecular flexibility index (Phi) is 8.64. The minimum absolute atomic E-state index is 0.0973. The molecule has 88 valence electrons. The molecular weight excluding hydrogens is 204 g/mol. The maximum atomic E-state index is 10.9. The van der Waals surface area contributed by atoms with Crippen molar-refractivity contribution in [1.29, 1.82) is 0 Å². The van der Waals surface area contributed by atoms with Crippen LogP contribution in [0.2, 0.25) is 0 Å². The molecule has 0 aliphatic rings. The minimum atomic E-state index is -0.546. The summed E-state index contributed by atoms with van der Waals surface area (Å²) >= 11 is 0. The lowest BCUT2D eigenvalue weighted by atomic mass is 10.6. The van der Waals surface area contributed by atoms with Gasteiger partial charge in [-0.15, -0.1) is 0 Å². The molecule has 7 heteroatoms. The van der Waals surface area contributed by atoms with Gasteiger partial charge in [-0.25, -0.2) is 0 Å². The lowest BCUT2D eigenvalue weighted by Crippen LogP contribution is -2.30. The largest absolute Gasteiger partial charge is 0.395 e. The van der Waals surface area contributed by atoms with Crippen molar-refractivity contribution in [2.24, 2.45) is 5.73 Å². The third-order valence-electron chi connectivity index (χ3n) is 1.28. The number of hydrogen-bond donors (Lipinski definition) is 3. The summed E-state index contributed by atoms with van der Waals surface area (Å²) in [7, 11) is 0. The van der Waals surface area contributed by atoms with Crippen LogP contribution in [0.5, 0.6) is 0 Å². The van der Waals surface area contributed by atoms with Gasteiger partial charge in [0.15, 0.2) is 0 Å². The number of nitrogens with two attached hydrogens (primary N) is 1. The lowest BCUT2D eigenvalue weighted by Gasteiger charge is -2.04. The molecule has 0 fully saturated rings. The van der Waals surface area contributed by atoms with Gasteiger partial charge in [0.1, 0.15) is 13.2 Å². The average Bonchev–Trinajstić information content (AvgIpc) is 2.19. The molecule has 0 aromatic carbocycles. The van der Waals surface area contributed by atoms with Crippen LogP contribution >= 0.6 is 0 Å². The molecule has 7 nitrogen and oxygen atoms in total. The number of carbonyl (C=O) groups is 2. The second-order valence-corrected chi connectivity index (χ2v) is 2.65. The van der Waals surface area contributed by atoms with Crippen molar-refractivity contribution < 1.29 is 24.2 Å². The van der Waals surface area contributed by atoms with Gasteiger partial charge < -0.3 is 25.6 Å². The third kappa shape index (κ3) is 10.7. The fourth-order valence-electron chi connectivity index (χ4n) is 0.702. The summed E-state index contributed by atoms with van der Waals surface area (Å²) in [6, 6.07) is 0. The van der Waals surface area contributed by atoms with Crippen LogP contribution in [0.4, 0.5) is 0 Å². The first-order valence-electron chi connectivity index (χ1n) is 4.48. The van der Waals surface area contributed by atoms with Crippen LogP contribution in [-0.4, -0.2) is 56.5 Å². The summed E-state index contributed by atoms with van der Waals surface area (Å²) in [5.41, 5.74) is 4.82. The van der Waals surface area contributed by atoms with E-state index in [1.807, 2.05) is 0 Å². The van der Waals surface area contributed by atoms with Crippen LogP contribution in [0.3, 0.4) is 0 Å². The molecule has 0 saturated heterocycles. The van der Waals surface area contributed by atoms with E-state index in [0.717, 1.165) is 0 Å². The van der Waals surface area contributed by atoms with Crippen molar-refractivity contribution in [3.63, 3.8) is 0 Å². The summed E-state index contributed by atoms with van der Waals surface area (Å²) in [5.74, 6) is -0.852. The van der Waals surface area contributed by atoms with E-state index in [-0.39, 0.29) is 45.5 Å². The van der Waals surface area contributed by atoms with E-state index >= 15 is 0 Å². The predicted octanol–water partition coefficient (Wildman–Crippen LogP) is -2.39. The van der Waals surface area contributed by atoms with Gasteiger partial charge in [0.2, 0.25) is 11.8 Å². The van der Waals surface area contributed by atoms with E-state index in [0.29, 0.717) is 0 Å². The molecule has 0 unspecified atom stereocenters. The maximum Gasteiger partial charge on any atom is 0.246 e. The van der Waals surface area contributed by atoms with Gasteiger partial charge in [-0.05, 0) is 0 Å². The molecule has 0 aliphatic carbocycles. The Bertz CT molecular complexity index is 197. The molecule has 4 N–H and O–H groups in total. The summed E-state index contributed by atoms with van der Waals surface area (Å²) in [6.45, 7) is 0.268. The van der Waals surface area contributed by atoms with Crippen molar-refractivity contribution in [3.8, 4) is 0 Å². The Labute approximate surface area is 87.5 Å². The number of hydrogen-bond acceptors (Lipinski definition) is 5. The zero-order chi connectivity index (χ0) is 11.5. The van der Waals surface area contributed by atoms with Gasteiger partial charge in [0, 0.05) is 6.54 Å². The van der Waals surface area contributed by atoms with E-state index in [1.165, 1.54) is 0 Å². The average molecular weight is 220 g/mol. The summed E-state index contributed by atoms with van der Waals surface area (Å²) in [5, 5.41) is 10.8. The first-order chi connectivity index (χ1) is 7.16. The van der Waals surface area contributed by atoms with Gasteiger partial charge in [-0.1, -0.05) is 0 Å².